The van der Waals surface area contributed by atoms with Crippen LogP contribution in [0.25, 0.3) is 0 Å². The van der Waals surface area contributed by atoms with Gasteiger partial charge in [0, 0.05) is 31.6 Å². The predicted molar refractivity (Wildman–Crippen MR) is 101 cm³/mol. The van der Waals surface area contributed by atoms with E-state index in [1.54, 1.807) is 0 Å². The lowest BCUT2D eigenvalue weighted by Crippen LogP contribution is -2.51. The van der Waals surface area contributed by atoms with E-state index in [1.165, 1.54) is 32.1 Å². The molecule has 3 amide bonds. The van der Waals surface area contributed by atoms with Crippen molar-refractivity contribution in [2.45, 2.75) is 84.1 Å². The van der Waals surface area contributed by atoms with Crippen molar-refractivity contribution in [1.29, 1.82) is 0 Å². The number of likely N-dealkylation sites (tertiary alicyclic amines) is 1. The molecule has 0 unspecified atom stereocenters. The molecule has 2 fully saturated rings. The maximum Gasteiger partial charge on any atom is 0.317 e. The monoisotopic (exact) mass is 351 g/mol. The summed E-state index contributed by atoms with van der Waals surface area (Å²) in [4.78, 5) is 26.1. The van der Waals surface area contributed by atoms with Crippen LogP contribution in [0.5, 0.6) is 0 Å². The first-order chi connectivity index (χ1) is 11.8. The highest BCUT2D eigenvalue weighted by molar-refractivity contribution is 5.76. The van der Waals surface area contributed by atoms with Crippen LogP contribution in [0.1, 0.15) is 78.6 Å². The first-order valence-electron chi connectivity index (χ1n) is 10.2. The molecule has 0 aromatic carbocycles. The lowest BCUT2D eigenvalue weighted by Gasteiger charge is -2.34. The summed E-state index contributed by atoms with van der Waals surface area (Å²) >= 11 is 0. The number of hydrogen-bond donors (Lipinski definition) is 2. The molecule has 2 rings (SSSR count). The van der Waals surface area contributed by atoms with Gasteiger partial charge < -0.3 is 15.5 Å². The summed E-state index contributed by atoms with van der Waals surface area (Å²) in [5, 5.41) is 6.14. The zero-order valence-corrected chi connectivity index (χ0v) is 16.4. The van der Waals surface area contributed by atoms with Crippen LogP contribution in [0, 0.1) is 11.8 Å². The normalized spacial score (nSPS) is 20.4. The Labute approximate surface area is 153 Å². The van der Waals surface area contributed by atoms with Crippen LogP contribution in [-0.4, -0.2) is 42.0 Å². The van der Waals surface area contributed by atoms with Crippen LogP contribution in [-0.2, 0) is 4.79 Å². The largest absolute Gasteiger partial charge is 0.356 e. The van der Waals surface area contributed by atoms with Crippen molar-refractivity contribution in [2.75, 3.05) is 19.6 Å². The standard InChI is InChI=1S/C20H37N3O2/c1-20(2,3)22-19(25)23-13-11-17(12-14-23)15-21-18(24)10-9-16-7-5-4-6-8-16/h16-17H,4-15H2,1-3H3,(H,21,24)(H,22,25). The average Bonchev–Trinajstić information content (AvgIpc) is 2.58. The van der Waals surface area contributed by atoms with Crippen molar-refractivity contribution < 1.29 is 9.59 Å². The number of amides is 3. The number of urea groups is 1. The zero-order chi connectivity index (χ0) is 18.3. The van der Waals surface area contributed by atoms with Gasteiger partial charge in [-0.15, -0.1) is 0 Å². The number of carbonyl (C=O) groups is 2. The van der Waals surface area contributed by atoms with Crippen molar-refractivity contribution in [3.63, 3.8) is 0 Å². The fourth-order valence-electron chi connectivity index (χ4n) is 3.90. The molecular formula is C20H37N3O2. The van der Waals surface area contributed by atoms with E-state index in [0.717, 1.165) is 44.8 Å². The summed E-state index contributed by atoms with van der Waals surface area (Å²) in [5.74, 6) is 1.47. The third kappa shape index (κ3) is 7.66. The zero-order valence-electron chi connectivity index (χ0n) is 16.4. The van der Waals surface area contributed by atoms with Crippen molar-refractivity contribution in [1.82, 2.24) is 15.5 Å². The van der Waals surface area contributed by atoms with Gasteiger partial charge >= 0.3 is 6.03 Å². The Balaban J connectivity index is 1.58. The molecule has 0 atom stereocenters. The van der Waals surface area contributed by atoms with E-state index in [2.05, 4.69) is 10.6 Å². The Bertz CT molecular complexity index is 431. The highest BCUT2D eigenvalue weighted by atomic mass is 16.2. The molecule has 0 bridgehead atoms. The van der Waals surface area contributed by atoms with E-state index in [4.69, 9.17) is 0 Å². The molecule has 1 aliphatic carbocycles. The number of nitrogens with zero attached hydrogens (tertiary/aromatic N) is 1. The fourth-order valence-corrected chi connectivity index (χ4v) is 3.90. The van der Waals surface area contributed by atoms with Gasteiger partial charge in [0.05, 0.1) is 0 Å². The van der Waals surface area contributed by atoms with Gasteiger partial charge in [0.15, 0.2) is 0 Å². The van der Waals surface area contributed by atoms with Gasteiger partial charge in [0.2, 0.25) is 5.91 Å². The third-order valence-corrected chi connectivity index (χ3v) is 5.48. The smallest absolute Gasteiger partial charge is 0.317 e. The molecule has 1 saturated carbocycles. The number of nitrogens with one attached hydrogen (secondary N) is 2. The van der Waals surface area contributed by atoms with E-state index < -0.39 is 0 Å². The molecule has 1 saturated heterocycles. The Morgan fingerprint density at radius 3 is 2.20 bits per heavy atom. The maximum atomic E-state index is 12.2. The van der Waals surface area contributed by atoms with Gasteiger partial charge in [-0.25, -0.2) is 4.79 Å². The lowest BCUT2D eigenvalue weighted by atomic mass is 9.86. The van der Waals surface area contributed by atoms with E-state index in [1.807, 2.05) is 25.7 Å². The first kappa shape index (κ1) is 20.1. The Kier molecular flexibility index (Phi) is 7.57. The van der Waals surface area contributed by atoms with Crippen LogP contribution in [0.15, 0.2) is 0 Å². The number of piperidine rings is 1. The van der Waals surface area contributed by atoms with Crippen molar-refractivity contribution in [2.24, 2.45) is 11.8 Å². The molecule has 5 heteroatoms. The Morgan fingerprint density at radius 1 is 0.960 bits per heavy atom. The number of hydrogen-bond acceptors (Lipinski definition) is 2. The molecular weight excluding hydrogens is 314 g/mol. The van der Waals surface area contributed by atoms with Crippen molar-refractivity contribution in [3.05, 3.63) is 0 Å². The average molecular weight is 352 g/mol. The van der Waals surface area contributed by atoms with Gasteiger partial charge in [0.25, 0.3) is 0 Å². The van der Waals surface area contributed by atoms with Crippen molar-refractivity contribution in [3.8, 4) is 0 Å². The quantitative estimate of drug-likeness (QED) is 0.793. The van der Waals surface area contributed by atoms with Gasteiger partial charge in [0.1, 0.15) is 0 Å². The minimum atomic E-state index is -0.194. The van der Waals surface area contributed by atoms with Crippen LogP contribution in [0.3, 0.4) is 0 Å². The van der Waals surface area contributed by atoms with Crippen LogP contribution in [0.2, 0.25) is 0 Å². The molecule has 0 spiro atoms. The minimum Gasteiger partial charge on any atom is -0.356 e. The third-order valence-electron chi connectivity index (χ3n) is 5.48. The molecule has 1 heterocycles. The number of rotatable bonds is 5. The second kappa shape index (κ2) is 9.44. The van der Waals surface area contributed by atoms with E-state index in [0.29, 0.717) is 12.3 Å². The van der Waals surface area contributed by atoms with Crippen LogP contribution < -0.4 is 10.6 Å². The van der Waals surface area contributed by atoms with Gasteiger partial charge in [-0.05, 0) is 51.9 Å². The Morgan fingerprint density at radius 2 is 1.60 bits per heavy atom. The summed E-state index contributed by atoms with van der Waals surface area (Å²) < 4.78 is 0. The summed E-state index contributed by atoms with van der Waals surface area (Å²) in [7, 11) is 0. The highest BCUT2D eigenvalue weighted by Gasteiger charge is 2.25. The number of carbonyl (C=O) groups excluding carboxylic acids is 2. The van der Waals surface area contributed by atoms with Crippen LogP contribution in [0.4, 0.5) is 4.79 Å². The molecule has 5 nitrogen and oxygen atoms in total. The topological polar surface area (TPSA) is 61.4 Å². The van der Waals surface area contributed by atoms with Gasteiger partial charge in [-0.1, -0.05) is 32.1 Å². The second-order valence-electron chi connectivity index (χ2n) is 8.96. The summed E-state index contributed by atoms with van der Waals surface area (Å²) in [6, 6.07) is 0.0301. The lowest BCUT2D eigenvalue weighted by molar-refractivity contribution is -0.121. The SMILES string of the molecule is CC(C)(C)NC(=O)N1CCC(CNC(=O)CCC2CCCCC2)CC1. The molecule has 1 aliphatic heterocycles. The van der Waals surface area contributed by atoms with E-state index >= 15 is 0 Å². The minimum absolute atomic E-state index is 0.0301. The van der Waals surface area contributed by atoms with E-state index in [-0.39, 0.29) is 17.5 Å². The molecule has 2 N–H and O–H groups in total. The predicted octanol–water partition coefficient (Wildman–Crippen LogP) is 3.68. The molecule has 0 aromatic heterocycles. The van der Waals surface area contributed by atoms with E-state index in [9.17, 15) is 9.59 Å². The van der Waals surface area contributed by atoms with Crippen molar-refractivity contribution >= 4 is 11.9 Å². The second-order valence-corrected chi connectivity index (χ2v) is 8.96. The first-order valence-corrected chi connectivity index (χ1v) is 10.2. The summed E-state index contributed by atoms with van der Waals surface area (Å²) in [6.45, 7) is 8.33. The summed E-state index contributed by atoms with van der Waals surface area (Å²) in [6.07, 6.45) is 10.3. The Hall–Kier alpha value is -1.26. The fraction of sp³-hybridized carbons (Fsp3) is 0.900. The molecule has 0 radical (unpaired) electrons. The van der Waals surface area contributed by atoms with Gasteiger partial charge in [-0.3, -0.25) is 4.79 Å². The van der Waals surface area contributed by atoms with Crippen LogP contribution >= 0.6 is 0 Å². The highest BCUT2D eigenvalue weighted by Crippen LogP contribution is 2.27. The molecule has 2 aliphatic rings. The summed E-state index contributed by atoms with van der Waals surface area (Å²) in [5.41, 5.74) is -0.194. The maximum absolute atomic E-state index is 12.2. The molecule has 0 aromatic rings. The molecule has 25 heavy (non-hydrogen) atoms. The molecule has 144 valence electrons. The van der Waals surface area contributed by atoms with Gasteiger partial charge in [-0.2, -0.15) is 0 Å².